The fraction of sp³-hybridized carbons (Fsp3) is 0.321. The number of methoxy groups -OCH3 is 8. The Hall–Kier alpha value is -12.8. The lowest BCUT2D eigenvalue weighted by atomic mass is 9.84. The SMILES string of the molecule is C=C1OCc2c(cc3n(c2=O)Cc2cc4ccccc4nc2-3)[C@]1(CC)OC.COC(=O)CC[C@H](NC(=O)c1ccc(N(C)Cc2cnc3nc(N)nc(N)c3n2)cc1)C(=O)O.COc1cc(C[C@@H](O)c2cc(CO)c(CO)c(OC)c2)ccc1C.COc1cc2c(c(OC)c1OC)-c1ccc(OC)c(=O)cc1[C@@H](NC(C)=O)CC2. The molecule has 6 heterocycles. The predicted octanol–water partition coefficient (Wildman–Crippen LogP) is 9.22. The van der Waals surface area contributed by atoms with Crippen molar-refractivity contribution in [2.24, 2.45) is 0 Å². The Balaban J connectivity index is 0.000000162. The third kappa shape index (κ3) is 18.1. The highest BCUT2D eigenvalue weighted by atomic mass is 16.5. The molecule has 0 saturated heterocycles. The average molecular weight is 1560 g/mol. The summed E-state index contributed by atoms with van der Waals surface area (Å²) in [4.78, 5) is 96.2. The normalized spacial score (nSPS) is 14.5. The van der Waals surface area contributed by atoms with E-state index in [9.17, 15) is 49.2 Å². The first-order chi connectivity index (χ1) is 54.7. The van der Waals surface area contributed by atoms with Crippen molar-refractivity contribution in [1.29, 1.82) is 0 Å². The molecule has 0 spiro atoms. The van der Waals surface area contributed by atoms with Crippen molar-refractivity contribution >= 4 is 63.3 Å². The summed E-state index contributed by atoms with van der Waals surface area (Å²) < 4.78 is 50.5. The highest BCUT2D eigenvalue weighted by Crippen LogP contribution is 2.51. The van der Waals surface area contributed by atoms with E-state index in [1.807, 2.05) is 86.5 Å². The maximum Gasteiger partial charge on any atom is 0.326 e. The second kappa shape index (κ2) is 37.0. The number of esters is 1. The maximum atomic E-state index is 13.3. The van der Waals surface area contributed by atoms with E-state index in [0.717, 1.165) is 72.7 Å². The van der Waals surface area contributed by atoms with E-state index in [1.165, 1.54) is 34.3 Å². The third-order valence-corrected chi connectivity index (χ3v) is 20.1. The number of benzene rings is 5. The van der Waals surface area contributed by atoms with Crippen LogP contribution in [0.15, 0.2) is 143 Å². The maximum absolute atomic E-state index is 13.3. The van der Waals surface area contributed by atoms with Crippen molar-refractivity contribution in [3.8, 4) is 57.0 Å². The Bertz CT molecular complexity index is 5380. The monoisotopic (exact) mass is 1560 g/mol. The number of aliphatic hydroxyl groups excluding tert-OH is 3. The van der Waals surface area contributed by atoms with Gasteiger partial charge in [-0.05, 0) is 144 Å². The zero-order valence-corrected chi connectivity index (χ0v) is 65.5. The summed E-state index contributed by atoms with van der Waals surface area (Å²) in [5, 5.41) is 45.3. The molecule has 0 saturated carbocycles. The standard InChI is InChI=1S/C22H20N2O3.C22H25NO6.C21H24N8O5.C19H24O5/c1-4-22(26-3)13(2)27-12-16-17(22)10-19-20-15(11-24(19)21(16)25)9-14-7-5-6-8-18(14)23-20;1-12(24)23-16-8-6-13-10-19(27-3)21(28-4)22(29-5)20(13)14-7-9-18(26-2)17(25)11-15(14)16;1-29(10-12-9-24-18-16(25-12)17(22)27-21(23)28-18)13-5-3-11(4-6-13)19(31)26-14(20(32)33)7-8-15(30)34-2;1-12-4-5-13(7-18(12)23-2)6-17(22)14-8-15(10-20)16(11-21)19(9-14)24-3/h5-10H,2,4,11-12H2,1,3H3;7,9-11,16H,6,8H2,1-5H3,(H,23,24);3-6,9,14H,7-8,10H2,1-2H3,(H,26,31)(H,32,33)(H4,22,23,24,27,28);4-5,7-9,17,20-22H,6,10-11H2,1-3H3/t22-;16-;14-;17-/m1001/s1. The first-order valence-corrected chi connectivity index (χ1v) is 36.3. The molecule has 0 bridgehead atoms. The van der Waals surface area contributed by atoms with Crippen molar-refractivity contribution in [1.82, 2.24) is 40.1 Å². The quantitative estimate of drug-likeness (QED) is 0.0276. The number of aryl methyl sites for hydroxylation is 2. The molecule has 30 nitrogen and oxygen atoms in total. The average Bonchev–Trinajstić information content (AvgIpc) is 1.49. The van der Waals surface area contributed by atoms with Crippen LogP contribution < -0.4 is 66.4 Å². The number of pyridine rings is 2. The minimum atomic E-state index is -1.24. The lowest BCUT2D eigenvalue weighted by molar-refractivity contribution is -0.142. The zero-order chi connectivity index (χ0) is 82.4. The molecule has 598 valence electrons. The number of hydrogen-bond acceptors (Lipinski definition) is 26. The lowest BCUT2D eigenvalue weighted by Crippen LogP contribution is -2.41. The summed E-state index contributed by atoms with van der Waals surface area (Å²) in [6.07, 6.45) is 2.91. The number of carbonyl (C=O) groups is 4. The highest BCUT2D eigenvalue weighted by Gasteiger charge is 2.43. The summed E-state index contributed by atoms with van der Waals surface area (Å²) in [5.74, 6) is 1.20. The van der Waals surface area contributed by atoms with Gasteiger partial charge in [0.1, 0.15) is 35.5 Å². The molecule has 10 N–H and O–H groups in total. The molecule has 0 fully saturated rings. The Morgan fingerprint density at radius 1 is 0.789 bits per heavy atom. The molecule has 3 aliphatic rings. The van der Waals surface area contributed by atoms with E-state index in [-0.39, 0.29) is 78.7 Å². The van der Waals surface area contributed by atoms with Gasteiger partial charge >= 0.3 is 11.9 Å². The number of carboxylic acids is 1. The van der Waals surface area contributed by atoms with Crippen LogP contribution in [-0.4, -0.2) is 144 Å². The smallest absolute Gasteiger partial charge is 0.326 e. The molecule has 10 aromatic rings. The van der Waals surface area contributed by atoms with Crippen LogP contribution in [0.2, 0.25) is 0 Å². The lowest BCUT2D eigenvalue weighted by Gasteiger charge is -2.38. The number of aliphatic hydroxyl groups is 3. The molecule has 4 atom stereocenters. The summed E-state index contributed by atoms with van der Waals surface area (Å²) in [7, 11) is 13.9. The van der Waals surface area contributed by atoms with E-state index in [4.69, 9.17) is 54.3 Å². The summed E-state index contributed by atoms with van der Waals surface area (Å²) >= 11 is 0. The number of rotatable bonds is 23. The number of ether oxygens (including phenoxy) is 9. The number of fused-ring (bicyclic) bond motifs is 9. The van der Waals surface area contributed by atoms with Gasteiger partial charge in [0.25, 0.3) is 11.5 Å². The van der Waals surface area contributed by atoms with Gasteiger partial charge in [0.2, 0.25) is 23.0 Å². The largest absolute Gasteiger partial charge is 0.496 e. The van der Waals surface area contributed by atoms with Crippen LogP contribution in [0.3, 0.4) is 0 Å². The molecule has 1 aliphatic carbocycles. The number of nitrogen functional groups attached to an aromatic ring is 2. The Labute approximate surface area is 657 Å². The van der Waals surface area contributed by atoms with Crippen LogP contribution in [0.25, 0.3) is 44.6 Å². The van der Waals surface area contributed by atoms with Crippen LogP contribution in [0.5, 0.6) is 34.5 Å². The molecule has 30 heteroatoms. The molecule has 2 aliphatic heterocycles. The molecule has 0 unspecified atom stereocenters. The van der Waals surface area contributed by atoms with Gasteiger partial charge in [0.05, 0.1) is 123 Å². The first kappa shape index (κ1) is 83.7. The number of hydrogen-bond donors (Lipinski definition) is 8. The van der Waals surface area contributed by atoms with E-state index in [2.05, 4.69) is 48.0 Å². The number of nitrogens with zero attached hydrogens (tertiary/aromatic N) is 7. The summed E-state index contributed by atoms with van der Waals surface area (Å²) in [6.45, 7) is 10.2. The Morgan fingerprint density at radius 3 is 2.16 bits per heavy atom. The zero-order valence-electron chi connectivity index (χ0n) is 65.5. The second-order valence-electron chi connectivity index (χ2n) is 26.9. The van der Waals surface area contributed by atoms with E-state index < -0.39 is 35.6 Å². The van der Waals surface area contributed by atoms with Gasteiger partial charge in [-0.1, -0.05) is 56.0 Å². The number of amides is 2. The Kier molecular flexibility index (Phi) is 27.2. The van der Waals surface area contributed by atoms with E-state index in [0.29, 0.717) is 112 Å². The molecule has 114 heavy (non-hydrogen) atoms. The van der Waals surface area contributed by atoms with Crippen LogP contribution in [0.1, 0.15) is 123 Å². The van der Waals surface area contributed by atoms with E-state index in [1.54, 1.807) is 88.8 Å². The fourth-order valence-corrected chi connectivity index (χ4v) is 14.1. The number of carbonyl (C=O) groups excluding carboxylic acids is 3. The van der Waals surface area contributed by atoms with Crippen molar-refractivity contribution in [3.63, 3.8) is 0 Å². The molecule has 4 aromatic heterocycles. The second-order valence-corrected chi connectivity index (χ2v) is 26.9. The minimum Gasteiger partial charge on any atom is -0.496 e. The van der Waals surface area contributed by atoms with Gasteiger partial charge in [-0.3, -0.25) is 24.0 Å². The molecule has 2 amide bonds. The van der Waals surface area contributed by atoms with Gasteiger partial charge in [0, 0.05) is 72.8 Å². The molecular weight excluding hydrogens is 1470 g/mol. The van der Waals surface area contributed by atoms with Crippen LogP contribution in [0.4, 0.5) is 17.5 Å². The van der Waals surface area contributed by atoms with Crippen molar-refractivity contribution in [3.05, 3.63) is 221 Å². The number of nitrogens with two attached hydrogens (primary N) is 2. The molecular formula is C84H93N11O19. The van der Waals surface area contributed by atoms with Crippen molar-refractivity contribution < 1.29 is 82.2 Å². The predicted molar refractivity (Wildman–Crippen MR) is 427 cm³/mol. The van der Waals surface area contributed by atoms with Crippen molar-refractivity contribution in [2.75, 3.05) is 80.3 Å². The third-order valence-electron chi connectivity index (χ3n) is 20.1. The first-order valence-electron chi connectivity index (χ1n) is 36.3. The molecule has 6 aromatic carbocycles. The molecule has 0 radical (unpaired) electrons. The number of anilines is 3. The fourth-order valence-electron chi connectivity index (χ4n) is 14.1. The van der Waals surface area contributed by atoms with Crippen molar-refractivity contribution in [2.45, 2.75) is 116 Å². The topological polar surface area (TPSA) is 415 Å². The van der Waals surface area contributed by atoms with Crippen LogP contribution in [0, 0.1) is 6.92 Å². The van der Waals surface area contributed by atoms with Gasteiger partial charge in [-0.25, -0.2) is 19.7 Å². The van der Waals surface area contributed by atoms with Crippen LogP contribution in [-0.2, 0) is 79.9 Å². The number of para-hydroxylation sites is 1. The number of aliphatic carboxylic acids is 1. The Morgan fingerprint density at radius 2 is 1.51 bits per heavy atom. The minimum absolute atomic E-state index is 0.0198. The number of carboxylic acid groups (broad SMARTS) is 1. The van der Waals surface area contributed by atoms with Crippen LogP contribution >= 0.6 is 0 Å². The molecule has 13 rings (SSSR count). The summed E-state index contributed by atoms with van der Waals surface area (Å²) in [5.41, 5.74) is 24.8. The number of nitrogens with one attached hydrogen (secondary N) is 2. The van der Waals surface area contributed by atoms with Gasteiger partial charge in [0.15, 0.2) is 34.2 Å². The summed E-state index contributed by atoms with van der Waals surface area (Å²) in [6, 6.07) is 33.3. The number of aromatic nitrogens is 6. The van der Waals surface area contributed by atoms with Gasteiger partial charge < -0.3 is 94.6 Å². The van der Waals surface area contributed by atoms with Gasteiger partial charge in [-0.2, -0.15) is 9.97 Å². The van der Waals surface area contributed by atoms with E-state index >= 15 is 0 Å². The van der Waals surface area contributed by atoms with Gasteiger partial charge in [-0.15, -0.1) is 0 Å². The highest BCUT2D eigenvalue weighted by molar-refractivity contribution is 5.97.